The monoisotopic (exact) mass is 246 g/mol. The van der Waals surface area contributed by atoms with Gasteiger partial charge in [-0.1, -0.05) is 30.3 Å². The number of hydrogen-bond donors (Lipinski definition) is 2. The number of carbonyl (C=O) groups excluding carboxylic acids is 2. The molecule has 1 aromatic rings. The molecule has 1 rings (SSSR count). The maximum Gasteiger partial charge on any atom is 0.244 e. The topological polar surface area (TPSA) is 58.2 Å². The normalized spacial score (nSPS) is 12.1. The Balaban J connectivity index is 2.47. The minimum atomic E-state index is -0.530. The smallest absolute Gasteiger partial charge is 0.244 e. The molecule has 0 aliphatic carbocycles. The number of benzene rings is 1. The highest BCUT2D eigenvalue weighted by Crippen LogP contribution is 2.00. The molecule has 0 saturated carbocycles. The van der Waals surface area contributed by atoms with E-state index in [4.69, 9.17) is 0 Å². The molecule has 0 bridgehead atoms. The lowest BCUT2D eigenvalue weighted by Crippen LogP contribution is -2.44. The van der Waals surface area contributed by atoms with Gasteiger partial charge in [0.1, 0.15) is 6.04 Å². The zero-order valence-electron chi connectivity index (χ0n) is 10.6. The lowest BCUT2D eigenvalue weighted by atomic mass is 10.2. The van der Waals surface area contributed by atoms with Gasteiger partial charge in [-0.15, -0.1) is 0 Å². The van der Waals surface area contributed by atoms with E-state index in [9.17, 15) is 9.59 Å². The van der Waals surface area contributed by atoms with Crippen LogP contribution in [-0.4, -0.2) is 24.4 Å². The molecule has 2 amide bonds. The minimum Gasteiger partial charge on any atom is -0.355 e. The van der Waals surface area contributed by atoms with Gasteiger partial charge >= 0.3 is 0 Å². The largest absolute Gasteiger partial charge is 0.355 e. The van der Waals surface area contributed by atoms with Gasteiger partial charge in [-0.2, -0.15) is 0 Å². The van der Waals surface area contributed by atoms with Crippen LogP contribution < -0.4 is 10.6 Å². The second kappa shape index (κ2) is 7.27. The average Bonchev–Trinajstić information content (AvgIpc) is 2.38. The fourth-order valence-corrected chi connectivity index (χ4v) is 1.39. The summed E-state index contributed by atoms with van der Waals surface area (Å²) >= 11 is 0. The summed E-state index contributed by atoms with van der Waals surface area (Å²) in [6.07, 6.45) is 3.13. The van der Waals surface area contributed by atoms with Crippen LogP contribution in [-0.2, 0) is 9.59 Å². The molecule has 4 nitrogen and oxygen atoms in total. The molecule has 0 saturated heterocycles. The maximum absolute atomic E-state index is 11.6. The van der Waals surface area contributed by atoms with E-state index in [0.29, 0.717) is 6.54 Å². The molecule has 0 radical (unpaired) electrons. The van der Waals surface area contributed by atoms with Crippen LogP contribution in [0.5, 0.6) is 0 Å². The average molecular weight is 246 g/mol. The summed E-state index contributed by atoms with van der Waals surface area (Å²) < 4.78 is 0. The van der Waals surface area contributed by atoms with Crippen LogP contribution in [0, 0.1) is 0 Å². The van der Waals surface area contributed by atoms with Crippen molar-refractivity contribution in [2.24, 2.45) is 0 Å². The van der Waals surface area contributed by atoms with Gasteiger partial charge in [0.15, 0.2) is 0 Å². The number of rotatable bonds is 5. The van der Waals surface area contributed by atoms with Crippen molar-refractivity contribution >= 4 is 17.9 Å². The van der Waals surface area contributed by atoms with E-state index < -0.39 is 6.04 Å². The molecule has 0 aliphatic heterocycles. The highest BCUT2D eigenvalue weighted by molar-refractivity contribution is 5.95. The first-order chi connectivity index (χ1) is 8.63. The number of hydrogen-bond acceptors (Lipinski definition) is 2. The highest BCUT2D eigenvalue weighted by atomic mass is 16.2. The second-order valence-electron chi connectivity index (χ2n) is 3.87. The van der Waals surface area contributed by atoms with Gasteiger partial charge in [-0.3, -0.25) is 9.59 Å². The van der Waals surface area contributed by atoms with Crippen molar-refractivity contribution in [2.45, 2.75) is 19.9 Å². The van der Waals surface area contributed by atoms with Crippen LogP contribution in [0.25, 0.3) is 6.08 Å². The van der Waals surface area contributed by atoms with Crippen molar-refractivity contribution in [1.82, 2.24) is 10.6 Å². The Hall–Kier alpha value is -2.10. The number of carbonyl (C=O) groups is 2. The van der Waals surface area contributed by atoms with E-state index in [1.807, 2.05) is 37.3 Å². The van der Waals surface area contributed by atoms with E-state index in [1.165, 1.54) is 6.08 Å². The lowest BCUT2D eigenvalue weighted by molar-refractivity contribution is -0.126. The predicted molar refractivity (Wildman–Crippen MR) is 71.8 cm³/mol. The number of likely N-dealkylation sites (N-methyl/N-ethyl adjacent to an activating group) is 1. The van der Waals surface area contributed by atoms with Gasteiger partial charge in [0.25, 0.3) is 0 Å². The van der Waals surface area contributed by atoms with Gasteiger partial charge in [0, 0.05) is 12.6 Å². The van der Waals surface area contributed by atoms with E-state index >= 15 is 0 Å². The fraction of sp³-hybridized carbons (Fsp3) is 0.286. The van der Waals surface area contributed by atoms with Crippen molar-refractivity contribution < 1.29 is 9.59 Å². The number of nitrogens with one attached hydrogen (secondary N) is 2. The molecule has 0 spiro atoms. The zero-order chi connectivity index (χ0) is 13.4. The Morgan fingerprint density at radius 1 is 1.28 bits per heavy atom. The Morgan fingerprint density at radius 3 is 2.56 bits per heavy atom. The van der Waals surface area contributed by atoms with Gasteiger partial charge in [0.2, 0.25) is 11.8 Å². The molecular weight excluding hydrogens is 228 g/mol. The van der Waals surface area contributed by atoms with Crippen LogP contribution in [0.4, 0.5) is 0 Å². The molecule has 96 valence electrons. The van der Waals surface area contributed by atoms with Gasteiger partial charge < -0.3 is 10.6 Å². The van der Waals surface area contributed by atoms with Crippen molar-refractivity contribution in [2.75, 3.05) is 6.54 Å². The van der Waals surface area contributed by atoms with E-state index in [0.717, 1.165) is 5.56 Å². The molecule has 2 N–H and O–H groups in total. The van der Waals surface area contributed by atoms with Gasteiger partial charge in [0.05, 0.1) is 0 Å². The molecule has 4 heteroatoms. The van der Waals surface area contributed by atoms with Crippen LogP contribution in [0.3, 0.4) is 0 Å². The molecule has 1 aromatic carbocycles. The SMILES string of the molecule is CCNC(=O)C(C)NC(=O)C=Cc1ccccc1. The molecular formula is C14H18N2O2. The van der Waals surface area contributed by atoms with Crippen molar-refractivity contribution in [3.8, 4) is 0 Å². The summed E-state index contributed by atoms with van der Waals surface area (Å²) in [7, 11) is 0. The van der Waals surface area contributed by atoms with Crippen molar-refractivity contribution in [1.29, 1.82) is 0 Å². The summed E-state index contributed by atoms with van der Waals surface area (Å²) in [6, 6.07) is 8.98. The molecule has 1 atom stereocenters. The fourth-order valence-electron chi connectivity index (χ4n) is 1.39. The summed E-state index contributed by atoms with van der Waals surface area (Å²) in [6.45, 7) is 4.04. The quantitative estimate of drug-likeness (QED) is 0.770. The van der Waals surface area contributed by atoms with Gasteiger partial charge in [-0.05, 0) is 25.5 Å². The van der Waals surface area contributed by atoms with Crippen molar-refractivity contribution in [3.05, 3.63) is 42.0 Å². The molecule has 0 fully saturated rings. The van der Waals surface area contributed by atoms with E-state index in [2.05, 4.69) is 10.6 Å². The predicted octanol–water partition coefficient (Wildman–Crippen LogP) is 1.34. The number of amides is 2. The second-order valence-corrected chi connectivity index (χ2v) is 3.87. The third-order valence-electron chi connectivity index (χ3n) is 2.33. The zero-order valence-corrected chi connectivity index (χ0v) is 10.6. The van der Waals surface area contributed by atoms with E-state index in [1.54, 1.807) is 13.0 Å². The van der Waals surface area contributed by atoms with Crippen LogP contribution in [0.15, 0.2) is 36.4 Å². The van der Waals surface area contributed by atoms with Crippen LogP contribution >= 0.6 is 0 Å². The Kier molecular flexibility index (Phi) is 5.64. The molecule has 0 aromatic heterocycles. The minimum absolute atomic E-state index is 0.182. The van der Waals surface area contributed by atoms with Gasteiger partial charge in [-0.25, -0.2) is 0 Å². The molecule has 0 heterocycles. The lowest BCUT2D eigenvalue weighted by Gasteiger charge is -2.11. The van der Waals surface area contributed by atoms with Crippen molar-refractivity contribution in [3.63, 3.8) is 0 Å². The summed E-state index contributed by atoms with van der Waals surface area (Å²) in [5.41, 5.74) is 0.943. The summed E-state index contributed by atoms with van der Waals surface area (Å²) in [5.74, 6) is -0.462. The van der Waals surface area contributed by atoms with Crippen LogP contribution in [0.1, 0.15) is 19.4 Å². The standard InChI is InChI=1S/C14H18N2O2/c1-3-15-14(18)11(2)16-13(17)10-9-12-7-5-4-6-8-12/h4-11H,3H2,1-2H3,(H,15,18)(H,16,17). The maximum atomic E-state index is 11.6. The molecule has 1 unspecified atom stereocenters. The third-order valence-corrected chi connectivity index (χ3v) is 2.33. The first-order valence-electron chi connectivity index (χ1n) is 5.94. The van der Waals surface area contributed by atoms with E-state index in [-0.39, 0.29) is 11.8 Å². The Bertz CT molecular complexity index is 427. The Morgan fingerprint density at radius 2 is 1.94 bits per heavy atom. The summed E-state index contributed by atoms with van der Waals surface area (Å²) in [5, 5.41) is 5.24. The molecule has 0 aliphatic rings. The Labute approximate surface area is 107 Å². The van der Waals surface area contributed by atoms with Crippen LogP contribution in [0.2, 0.25) is 0 Å². The first kappa shape index (κ1) is 14.0. The first-order valence-corrected chi connectivity index (χ1v) is 5.94. The summed E-state index contributed by atoms with van der Waals surface area (Å²) in [4.78, 5) is 23.0. The molecule has 18 heavy (non-hydrogen) atoms. The highest BCUT2D eigenvalue weighted by Gasteiger charge is 2.12. The third kappa shape index (κ3) is 4.82.